The zero-order valence-corrected chi connectivity index (χ0v) is 18.7. The maximum atomic E-state index is 14.3. The summed E-state index contributed by atoms with van der Waals surface area (Å²) in [6.07, 6.45) is 2.04. The van der Waals surface area contributed by atoms with E-state index in [2.05, 4.69) is 4.98 Å². The number of aromatic amines is 1. The Labute approximate surface area is 195 Å². The van der Waals surface area contributed by atoms with Crippen LogP contribution < -0.4 is 10.5 Å². The van der Waals surface area contributed by atoms with E-state index in [9.17, 15) is 14.0 Å². The van der Waals surface area contributed by atoms with Crippen molar-refractivity contribution >= 4 is 40.4 Å². The zero-order valence-electron chi connectivity index (χ0n) is 18.7. The van der Waals surface area contributed by atoms with Gasteiger partial charge in [0.05, 0.1) is 18.2 Å². The topological polar surface area (TPSA) is 105 Å². The van der Waals surface area contributed by atoms with Crippen LogP contribution in [0.2, 0.25) is 0 Å². The number of benzene rings is 3. The highest BCUT2D eigenvalue weighted by molar-refractivity contribution is 6.17. The SMILES string of the molecule is C=O.COc1ccc(-c2cc(C(N)=O)c3[nH]c4ccc(C(=O)N5CCCC5)cc4c3c2)cc1F. The molecule has 34 heavy (non-hydrogen) atoms. The molecule has 174 valence electrons. The molecule has 1 saturated heterocycles. The van der Waals surface area contributed by atoms with Gasteiger partial charge in [-0.15, -0.1) is 0 Å². The maximum Gasteiger partial charge on any atom is 0.253 e. The van der Waals surface area contributed by atoms with Gasteiger partial charge in [0.2, 0.25) is 0 Å². The number of ether oxygens (including phenoxy) is 1. The van der Waals surface area contributed by atoms with Gasteiger partial charge in [0.25, 0.3) is 11.8 Å². The predicted octanol–water partition coefficient (Wildman–Crippen LogP) is 4.29. The Hall–Kier alpha value is -4.20. The number of methoxy groups -OCH3 is 1. The molecule has 1 aromatic heterocycles. The van der Waals surface area contributed by atoms with E-state index in [1.165, 1.54) is 13.2 Å². The molecule has 2 amide bonds. The fraction of sp³-hybridized carbons (Fsp3) is 0.192. The Balaban J connectivity index is 0.00000133. The van der Waals surface area contributed by atoms with Crippen molar-refractivity contribution in [1.82, 2.24) is 9.88 Å². The molecular formula is C26H24FN3O4. The first-order chi connectivity index (χ1) is 16.5. The number of rotatable bonds is 4. The quantitative estimate of drug-likeness (QED) is 0.473. The lowest BCUT2D eigenvalue weighted by atomic mass is 9.98. The van der Waals surface area contributed by atoms with Gasteiger partial charge in [-0.25, -0.2) is 4.39 Å². The van der Waals surface area contributed by atoms with Crippen LogP contribution in [0.1, 0.15) is 33.6 Å². The molecule has 8 heteroatoms. The minimum atomic E-state index is -0.592. The Kier molecular flexibility index (Phi) is 6.32. The molecule has 4 aromatic rings. The lowest BCUT2D eigenvalue weighted by Gasteiger charge is -2.15. The number of likely N-dealkylation sites (tertiary alicyclic amines) is 1. The minimum Gasteiger partial charge on any atom is -0.494 e. The number of aromatic nitrogens is 1. The van der Waals surface area contributed by atoms with Gasteiger partial charge in [-0.1, -0.05) is 6.07 Å². The fourth-order valence-corrected chi connectivity index (χ4v) is 4.44. The highest BCUT2D eigenvalue weighted by Gasteiger charge is 2.21. The Bertz CT molecular complexity index is 1410. The molecule has 3 aromatic carbocycles. The van der Waals surface area contributed by atoms with Crippen LogP contribution in [0.4, 0.5) is 4.39 Å². The first kappa shape index (κ1) is 23.0. The van der Waals surface area contributed by atoms with E-state index >= 15 is 0 Å². The standard InChI is InChI=1S/C25H22FN3O3.CH2O/c1-32-22-7-5-14(13-20(22)26)16-11-18-17-10-15(25(31)29-8-2-3-9-29)4-6-21(17)28-23(18)19(12-16)24(27)30;1-2/h4-7,10-13,28H,2-3,8-9H2,1H3,(H2,27,30);1H2. The van der Waals surface area contributed by atoms with Gasteiger partial charge in [-0.3, -0.25) is 9.59 Å². The van der Waals surface area contributed by atoms with Crippen molar-refractivity contribution in [3.63, 3.8) is 0 Å². The number of nitrogens with one attached hydrogen (secondary N) is 1. The first-order valence-electron chi connectivity index (χ1n) is 10.8. The number of halogens is 1. The number of primary amides is 1. The molecule has 5 rings (SSSR count). The summed E-state index contributed by atoms with van der Waals surface area (Å²) < 4.78 is 19.3. The third-order valence-electron chi connectivity index (χ3n) is 6.10. The molecule has 3 N–H and O–H groups in total. The van der Waals surface area contributed by atoms with Crippen molar-refractivity contribution in [3.8, 4) is 16.9 Å². The van der Waals surface area contributed by atoms with Gasteiger partial charge in [0, 0.05) is 34.9 Å². The number of hydrogen-bond donors (Lipinski definition) is 2. The van der Waals surface area contributed by atoms with Gasteiger partial charge in [0.1, 0.15) is 6.79 Å². The molecular weight excluding hydrogens is 437 g/mol. The molecule has 2 heterocycles. The average Bonchev–Trinajstić information content (AvgIpc) is 3.52. The summed E-state index contributed by atoms with van der Waals surface area (Å²) in [6.45, 7) is 3.54. The number of carbonyl (C=O) groups excluding carboxylic acids is 3. The molecule has 0 spiro atoms. The monoisotopic (exact) mass is 461 g/mol. The third-order valence-corrected chi connectivity index (χ3v) is 6.10. The second kappa shape index (κ2) is 9.35. The van der Waals surface area contributed by atoms with E-state index in [-0.39, 0.29) is 11.7 Å². The van der Waals surface area contributed by atoms with Crippen LogP contribution in [0.3, 0.4) is 0 Å². The number of H-pyrrole nitrogens is 1. The second-order valence-electron chi connectivity index (χ2n) is 8.04. The summed E-state index contributed by atoms with van der Waals surface area (Å²) in [5.41, 5.74) is 9.19. The highest BCUT2D eigenvalue weighted by atomic mass is 19.1. The summed E-state index contributed by atoms with van der Waals surface area (Å²) in [6, 6.07) is 13.6. The van der Waals surface area contributed by atoms with Crippen molar-refractivity contribution in [3.05, 3.63) is 65.5 Å². The number of nitrogens with two attached hydrogens (primary N) is 1. The van der Waals surface area contributed by atoms with Crippen LogP contribution >= 0.6 is 0 Å². The van der Waals surface area contributed by atoms with Crippen molar-refractivity contribution in [1.29, 1.82) is 0 Å². The van der Waals surface area contributed by atoms with Gasteiger partial charge < -0.3 is 25.1 Å². The minimum absolute atomic E-state index is 0.00209. The van der Waals surface area contributed by atoms with Crippen molar-refractivity contribution < 1.29 is 23.5 Å². The van der Waals surface area contributed by atoms with Gasteiger partial charge in [-0.2, -0.15) is 0 Å². The molecule has 1 aliphatic heterocycles. The zero-order chi connectivity index (χ0) is 24.4. The number of nitrogens with zero attached hydrogens (tertiary/aromatic N) is 1. The maximum absolute atomic E-state index is 14.3. The summed E-state index contributed by atoms with van der Waals surface area (Å²) in [5.74, 6) is -0.946. The van der Waals surface area contributed by atoms with Crippen LogP contribution in [-0.2, 0) is 4.79 Å². The summed E-state index contributed by atoms with van der Waals surface area (Å²) in [5, 5.41) is 1.56. The lowest BCUT2D eigenvalue weighted by Crippen LogP contribution is -2.27. The van der Waals surface area contributed by atoms with Crippen LogP contribution in [0, 0.1) is 5.82 Å². The summed E-state index contributed by atoms with van der Waals surface area (Å²) >= 11 is 0. The van der Waals surface area contributed by atoms with E-state index in [1.807, 2.05) is 29.9 Å². The first-order valence-corrected chi connectivity index (χ1v) is 10.8. The Morgan fingerprint density at radius 1 is 1.00 bits per heavy atom. The highest BCUT2D eigenvalue weighted by Crippen LogP contribution is 2.34. The van der Waals surface area contributed by atoms with E-state index in [4.69, 9.17) is 15.3 Å². The lowest BCUT2D eigenvalue weighted by molar-refractivity contribution is -0.0980. The van der Waals surface area contributed by atoms with Crippen LogP contribution in [-0.4, -0.2) is 48.7 Å². The molecule has 0 bridgehead atoms. The number of carbonyl (C=O) groups is 3. The van der Waals surface area contributed by atoms with Crippen LogP contribution in [0.5, 0.6) is 5.75 Å². The number of amides is 2. The van der Waals surface area contributed by atoms with Crippen molar-refractivity contribution in [2.75, 3.05) is 20.2 Å². The van der Waals surface area contributed by atoms with E-state index < -0.39 is 11.7 Å². The molecule has 0 saturated carbocycles. The molecule has 0 radical (unpaired) electrons. The molecule has 7 nitrogen and oxygen atoms in total. The molecule has 0 unspecified atom stereocenters. The normalized spacial score (nSPS) is 13.1. The van der Waals surface area contributed by atoms with Crippen molar-refractivity contribution in [2.24, 2.45) is 5.73 Å². The van der Waals surface area contributed by atoms with Crippen molar-refractivity contribution in [2.45, 2.75) is 12.8 Å². The summed E-state index contributed by atoms with van der Waals surface area (Å²) in [7, 11) is 1.41. The number of hydrogen-bond acceptors (Lipinski definition) is 4. The van der Waals surface area contributed by atoms with Gasteiger partial charge in [-0.05, 0) is 66.4 Å². The number of fused-ring (bicyclic) bond motifs is 3. The van der Waals surface area contributed by atoms with Crippen LogP contribution in [0.15, 0.2) is 48.5 Å². The molecule has 0 atom stereocenters. The molecule has 0 aliphatic carbocycles. The molecule has 1 aliphatic rings. The Morgan fingerprint density at radius 2 is 1.74 bits per heavy atom. The predicted molar refractivity (Wildman–Crippen MR) is 129 cm³/mol. The smallest absolute Gasteiger partial charge is 0.253 e. The van der Waals surface area contributed by atoms with E-state index in [1.54, 1.807) is 24.3 Å². The van der Waals surface area contributed by atoms with E-state index in [0.29, 0.717) is 27.8 Å². The third kappa shape index (κ3) is 3.98. The largest absolute Gasteiger partial charge is 0.494 e. The van der Waals surface area contributed by atoms with Gasteiger partial charge in [0.15, 0.2) is 11.6 Å². The van der Waals surface area contributed by atoms with E-state index in [0.717, 1.165) is 42.2 Å². The Morgan fingerprint density at radius 3 is 2.38 bits per heavy atom. The summed E-state index contributed by atoms with van der Waals surface area (Å²) in [4.78, 5) is 38.2. The molecule has 1 fully saturated rings. The van der Waals surface area contributed by atoms with Crippen LogP contribution in [0.25, 0.3) is 32.9 Å². The second-order valence-corrected chi connectivity index (χ2v) is 8.04. The fourth-order valence-electron chi connectivity index (χ4n) is 4.44. The average molecular weight is 461 g/mol. The van der Waals surface area contributed by atoms with Gasteiger partial charge >= 0.3 is 0 Å².